The average Bonchev–Trinajstić information content (AvgIpc) is 1.62. The molecule has 0 fully saturated rings. The van der Waals surface area contributed by atoms with Crippen molar-refractivity contribution in [1.82, 2.24) is 0 Å². The molecule has 0 N–H and O–H groups in total. The molecular weight excluding hydrogens is 48.0 g/mol. The molecule has 0 aliphatic heterocycles. The van der Waals surface area contributed by atoms with Gasteiger partial charge in [-0.2, -0.15) is 0 Å². The molecule has 0 rings (SSSR count). The lowest BCUT2D eigenvalue weighted by molar-refractivity contribution is 0.737. The lowest BCUT2D eigenvalue weighted by Crippen LogP contribution is -1.66. The van der Waals surface area contributed by atoms with Gasteiger partial charge in [-0.25, -0.2) is 0 Å². The van der Waals surface area contributed by atoms with Gasteiger partial charge in [-0.15, -0.1) is 0 Å². The smallest absolute Gasteiger partial charge is 0.0294 e. The molecule has 0 nitrogen and oxygen atoms in total. The van der Waals surface area contributed by atoms with Crippen LogP contribution in [0, 0.1) is 5.89 Å². The second-order valence-electron chi connectivity index (χ2n) is 0.683. The van der Waals surface area contributed by atoms with E-state index in [1.165, 1.54) is 0 Å². The highest BCUT2D eigenvalue weighted by Gasteiger charge is 1.68. The Bertz CT molecular complexity index is 111. The summed E-state index contributed by atoms with van der Waals surface area (Å²) in [5.74, 6) is -1.98. The van der Waals surface area contributed by atoms with Crippen LogP contribution in [0.15, 0.2) is 0 Å². The van der Waals surface area contributed by atoms with Gasteiger partial charge in [-0.3, -0.25) is 0 Å². The highest BCUT2D eigenvalue weighted by Crippen LogP contribution is 1.81. The molecule has 0 saturated carbocycles. The van der Waals surface area contributed by atoms with E-state index in [9.17, 15) is 0 Å². The van der Waals surface area contributed by atoms with Crippen molar-refractivity contribution in [3.8, 4) is 0 Å². The van der Waals surface area contributed by atoms with Crippen molar-refractivity contribution in [1.29, 1.82) is 0 Å². The van der Waals surface area contributed by atoms with Crippen molar-refractivity contribution in [2.75, 3.05) is 0 Å². The Kier molecular flexibility index (Phi) is 0.148. The van der Waals surface area contributed by atoms with Crippen LogP contribution in [0.1, 0.15) is 28.9 Å². The molecule has 0 aromatic heterocycles. The van der Waals surface area contributed by atoms with E-state index in [1.807, 2.05) is 0 Å². The first-order chi connectivity index (χ1) is 4.19. The molecule has 0 aromatic rings. The van der Waals surface area contributed by atoms with Gasteiger partial charge >= 0.3 is 0 Å². The minimum absolute atomic E-state index is 1.07. The van der Waals surface area contributed by atoms with Crippen LogP contribution in [-0.2, 0) is 0 Å². The molecule has 0 amide bonds. The van der Waals surface area contributed by atoms with Gasteiger partial charge in [0.2, 0.25) is 0 Å². The molecule has 0 aliphatic carbocycles. The third kappa shape index (κ3) is 0. The van der Waals surface area contributed by atoms with E-state index in [0.717, 1.165) is 6.92 Å². The van der Waals surface area contributed by atoms with Gasteiger partial charge in [-0.1, -0.05) is 20.7 Å². The average molecular weight is 64.2 g/mol. The molecule has 1 atom stereocenters. The fourth-order valence-electron chi connectivity index (χ4n) is 0. The summed E-state index contributed by atoms with van der Waals surface area (Å²) < 4.78 is 40.9. The third-order valence-corrected chi connectivity index (χ3v) is 0. The largest absolute Gasteiger partial charge is 0.0630 e. The molecule has 0 radical (unpaired) electrons. The van der Waals surface area contributed by atoms with Gasteiger partial charge < -0.3 is 0 Å². The molecule has 0 aliphatic rings. The first-order valence-corrected chi connectivity index (χ1v) is 1.04. The van der Waals surface area contributed by atoms with Crippen LogP contribution in [0.2, 0.25) is 0 Å². The lowest BCUT2D eigenvalue weighted by Gasteiger charge is -1.79. The maximum absolute atomic E-state index is 7.09. The maximum atomic E-state index is 7.09. The number of rotatable bonds is 0. The van der Waals surface area contributed by atoms with Crippen molar-refractivity contribution in [3.05, 3.63) is 0 Å². The lowest BCUT2D eigenvalue weighted by atomic mass is 10.3. The van der Waals surface area contributed by atoms with Crippen LogP contribution in [0.5, 0.6) is 0 Å². The van der Waals surface area contributed by atoms with Crippen molar-refractivity contribution < 1.29 is 8.22 Å². The Morgan fingerprint density at radius 3 is 3.00 bits per heavy atom. The molecule has 0 heterocycles. The van der Waals surface area contributed by atoms with Gasteiger partial charge in [0.25, 0.3) is 0 Å². The van der Waals surface area contributed by atoms with Crippen LogP contribution >= 0.6 is 0 Å². The summed E-state index contributed by atoms with van der Waals surface area (Å²) in [4.78, 5) is 0. The van der Waals surface area contributed by atoms with Crippen LogP contribution in [0.3, 0.4) is 0 Å². The monoisotopic (exact) mass is 64.1 g/mol. The molecule has 4 heavy (non-hydrogen) atoms. The minimum atomic E-state index is -2.54. The summed E-state index contributed by atoms with van der Waals surface area (Å²) in [7, 11) is 0. The molecule has 0 heteroatoms. The van der Waals surface area contributed by atoms with E-state index in [0.29, 0.717) is 0 Å². The van der Waals surface area contributed by atoms with Gasteiger partial charge in [0.15, 0.2) is 0 Å². The van der Waals surface area contributed by atoms with Crippen molar-refractivity contribution in [3.63, 3.8) is 0 Å². The molecule has 0 bridgehead atoms. The summed E-state index contributed by atoms with van der Waals surface area (Å²) in [6.07, 6.45) is 0. The van der Waals surface area contributed by atoms with Crippen molar-refractivity contribution >= 4 is 0 Å². The molecule has 0 aromatic carbocycles. The SMILES string of the molecule is [2H]C([2H])C([2H])(C)C([2H])([2H])[2H]. The predicted molar refractivity (Wildman–Crippen MR) is 20.5 cm³/mol. The second-order valence-corrected chi connectivity index (χ2v) is 0.683. The summed E-state index contributed by atoms with van der Waals surface area (Å²) in [6, 6.07) is 0. The molecule has 0 spiro atoms. The minimum Gasteiger partial charge on any atom is -0.0630 e. The topological polar surface area (TPSA) is 0 Å². The summed E-state index contributed by atoms with van der Waals surface area (Å²) >= 11 is 0. The van der Waals surface area contributed by atoms with Crippen LogP contribution in [0.4, 0.5) is 0 Å². The van der Waals surface area contributed by atoms with Crippen molar-refractivity contribution in [2.45, 2.75) is 20.7 Å². The Balaban J connectivity index is 4.40. The predicted octanol–water partition coefficient (Wildman–Crippen LogP) is 1.66. The van der Waals surface area contributed by atoms with Crippen LogP contribution in [0.25, 0.3) is 0 Å². The standard InChI is InChI=1S/C4H10/c1-4(2)3/h4H,1-3H3/i1D2,2D3,4D. The van der Waals surface area contributed by atoms with E-state index in [-0.39, 0.29) is 0 Å². The fourth-order valence-corrected chi connectivity index (χ4v) is 0. The van der Waals surface area contributed by atoms with Gasteiger partial charge in [0, 0.05) is 8.22 Å². The zero-order valence-corrected chi connectivity index (χ0v) is 2.58. The van der Waals surface area contributed by atoms with Gasteiger partial charge in [-0.05, 0) is 5.89 Å². The van der Waals surface area contributed by atoms with Crippen molar-refractivity contribution in [2.24, 2.45) is 5.89 Å². The first kappa shape index (κ1) is 0.444. The third-order valence-electron chi connectivity index (χ3n) is 0. The fraction of sp³-hybridized carbons (Fsp3) is 1.00. The molecular formula is C4H10. The maximum Gasteiger partial charge on any atom is 0.0294 e. The highest BCUT2D eigenvalue weighted by atomic mass is 13.7. The first-order valence-electron chi connectivity index (χ1n) is 4.19. The van der Waals surface area contributed by atoms with E-state index < -0.39 is 19.6 Å². The zero-order chi connectivity index (χ0) is 8.58. The van der Waals surface area contributed by atoms with Gasteiger partial charge in [0.05, 0.1) is 0 Å². The molecule has 0 saturated heterocycles. The number of hydrogen-bond donors (Lipinski definition) is 0. The zero-order valence-electron chi connectivity index (χ0n) is 8.58. The molecule has 1 unspecified atom stereocenters. The Labute approximate surface area is 36.3 Å². The number of hydrogen-bond acceptors (Lipinski definition) is 0. The van der Waals surface area contributed by atoms with E-state index in [4.69, 9.17) is 8.22 Å². The Morgan fingerprint density at radius 1 is 2.25 bits per heavy atom. The van der Waals surface area contributed by atoms with E-state index in [1.54, 1.807) is 0 Å². The summed E-state index contributed by atoms with van der Waals surface area (Å²) in [5, 5.41) is 0. The summed E-state index contributed by atoms with van der Waals surface area (Å²) in [6.45, 7) is -3.11. The molecule has 26 valence electrons. The van der Waals surface area contributed by atoms with Crippen LogP contribution < -0.4 is 0 Å². The normalized spacial score (nSPS) is 49.5. The Hall–Kier alpha value is 0. The van der Waals surface area contributed by atoms with Gasteiger partial charge in [0.1, 0.15) is 0 Å². The highest BCUT2D eigenvalue weighted by molar-refractivity contribution is 4.20. The second kappa shape index (κ2) is 1.33. The van der Waals surface area contributed by atoms with E-state index >= 15 is 0 Å². The van der Waals surface area contributed by atoms with Crippen LogP contribution in [-0.4, -0.2) is 0 Å². The summed E-state index contributed by atoms with van der Waals surface area (Å²) in [5.41, 5.74) is 0. The van der Waals surface area contributed by atoms with E-state index in [2.05, 4.69) is 0 Å². The Morgan fingerprint density at radius 2 is 3.00 bits per heavy atom. The quantitative estimate of drug-likeness (QED) is 0.402.